The number of aromatic nitrogens is 4. The zero-order chi connectivity index (χ0) is 16.2. The molecule has 0 aliphatic rings. The fraction of sp³-hybridized carbons (Fsp3) is 0.455. The molecule has 2 heterocycles. The van der Waals surface area contributed by atoms with Gasteiger partial charge in [-0.15, -0.1) is 0 Å². The maximum Gasteiger partial charge on any atom is 0.145 e. The van der Waals surface area contributed by atoms with Gasteiger partial charge in [0, 0.05) is 13.6 Å². The summed E-state index contributed by atoms with van der Waals surface area (Å²) in [6.45, 7) is 2.24. The van der Waals surface area contributed by atoms with Crippen LogP contribution in [0, 0.1) is 0 Å². The lowest BCUT2D eigenvalue weighted by Gasteiger charge is -1.96. The molecule has 0 unspecified atom stereocenters. The Morgan fingerprint density at radius 1 is 0.905 bits per heavy atom. The molecule has 2 rings (SSSR count). The molecule has 0 atom stereocenters. The molecule has 0 amide bonds. The lowest BCUT2D eigenvalue weighted by Crippen LogP contribution is -2.02. The molecule has 118 valence electrons. The molecule has 10 N–H and O–H groups in total. The van der Waals surface area contributed by atoms with Gasteiger partial charge in [0.25, 0.3) is 0 Å². The molecule has 10 nitrogen and oxygen atoms in total. The monoisotopic (exact) mass is 298 g/mol. The Morgan fingerprint density at radius 2 is 1.38 bits per heavy atom. The van der Waals surface area contributed by atoms with Gasteiger partial charge in [-0.2, -0.15) is 10.2 Å². The van der Waals surface area contributed by atoms with E-state index in [0.29, 0.717) is 40.9 Å². The molecule has 0 saturated heterocycles. The first-order valence-corrected chi connectivity index (χ1v) is 6.26. The highest BCUT2D eigenvalue weighted by Crippen LogP contribution is 2.18. The highest BCUT2D eigenvalue weighted by Gasteiger charge is 2.09. The van der Waals surface area contributed by atoms with E-state index in [1.165, 1.54) is 4.68 Å². The van der Waals surface area contributed by atoms with Crippen molar-refractivity contribution in [3.05, 3.63) is 11.4 Å². The molecule has 2 aromatic heterocycles. The van der Waals surface area contributed by atoms with Gasteiger partial charge in [0.05, 0.1) is 13.2 Å². The topological polar surface area (TPSA) is 180 Å². The van der Waals surface area contributed by atoms with Crippen molar-refractivity contribution >= 4 is 23.0 Å². The standard InChI is InChI=1S/C6H12N4O.C5H10N4O/c1-2-10-6(8)5(7)4(3-11)9-10;1-9-5(7)4(6)3(2-10)8-9/h11H,2-3,7-8H2,1H3;10H,2,6-7H2,1H3. The minimum Gasteiger partial charge on any atom is -0.394 e. The SMILES string of the molecule is CCn1nc(CO)c(N)c1N.Cn1nc(CO)c(N)c1N. The van der Waals surface area contributed by atoms with E-state index >= 15 is 0 Å². The molecular formula is C11H22N8O2. The van der Waals surface area contributed by atoms with E-state index in [-0.39, 0.29) is 13.2 Å². The first kappa shape index (κ1) is 16.6. The van der Waals surface area contributed by atoms with E-state index < -0.39 is 0 Å². The van der Waals surface area contributed by atoms with Crippen LogP contribution in [-0.4, -0.2) is 29.8 Å². The van der Waals surface area contributed by atoms with Gasteiger partial charge in [0.2, 0.25) is 0 Å². The van der Waals surface area contributed by atoms with Crippen molar-refractivity contribution in [3.8, 4) is 0 Å². The Bertz CT molecular complexity index is 579. The van der Waals surface area contributed by atoms with Gasteiger partial charge in [-0.05, 0) is 6.92 Å². The molecular weight excluding hydrogens is 276 g/mol. The molecule has 0 fully saturated rings. The summed E-state index contributed by atoms with van der Waals surface area (Å²) in [6.07, 6.45) is 0. The van der Waals surface area contributed by atoms with E-state index in [2.05, 4.69) is 10.2 Å². The van der Waals surface area contributed by atoms with Crippen molar-refractivity contribution in [2.75, 3.05) is 22.9 Å². The number of aryl methyl sites for hydroxylation is 2. The smallest absolute Gasteiger partial charge is 0.145 e. The fourth-order valence-electron chi connectivity index (χ4n) is 1.63. The first-order chi connectivity index (χ1) is 9.87. The second kappa shape index (κ2) is 6.81. The summed E-state index contributed by atoms with van der Waals surface area (Å²) in [4.78, 5) is 0. The van der Waals surface area contributed by atoms with Gasteiger partial charge in [-0.3, -0.25) is 4.68 Å². The molecule has 0 aliphatic heterocycles. The summed E-state index contributed by atoms with van der Waals surface area (Å²) in [5.74, 6) is 0.820. The molecule has 2 aromatic rings. The Labute approximate surface area is 121 Å². The number of aliphatic hydroxyl groups excluding tert-OH is 2. The third-order valence-corrected chi connectivity index (χ3v) is 2.91. The zero-order valence-corrected chi connectivity index (χ0v) is 12.1. The van der Waals surface area contributed by atoms with Crippen LogP contribution >= 0.6 is 0 Å². The molecule has 0 bridgehead atoms. The summed E-state index contributed by atoms with van der Waals surface area (Å²) in [5, 5.41) is 25.2. The lowest BCUT2D eigenvalue weighted by atomic mass is 10.4. The van der Waals surface area contributed by atoms with Crippen molar-refractivity contribution in [2.45, 2.75) is 26.7 Å². The summed E-state index contributed by atoms with van der Waals surface area (Å²) in [7, 11) is 1.67. The molecule has 0 aromatic carbocycles. The quantitative estimate of drug-likeness (QED) is 0.401. The first-order valence-electron chi connectivity index (χ1n) is 6.26. The fourth-order valence-corrected chi connectivity index (χ4v) is 1.63. The van der Waals surface area contributed by atoms with Gasteiger partial charge in [-0.25, -0.2) is 4.68 Å². The van der Waals surface area contributed by atoms with Gasteiger partial charge in [0.15, 0.2) is 0 Å². The number of nitrogens with zero attached hydrogens (tertiary/aromatic N) is 4. The predicted octanol–water partition coefficient (Wildman–Crippen LogP) is -1.36. The lowest BCUT2D eigenvalue weighted by molar-refractivity contribution is 0.276. The minimum atomic E-state index is -0.170. The largest absolute Gasteiger partial charge is 0.394 e. The molecule has 0 aliphatic carbocycles. The van der Waals surface area contributed by atoms with Crippen LogP contribution in [0.3, 0.4) is 0 Å². The van der Waals surface area contributed by atoms with Crippen molar-refractivity contribution in [1.29, 1.82) is 0 Å². The van der Waals surface area contributed by atoms with Gasteiger partial charge >= 0.3 is 0 Å². The Hall–Kier alpha value is -2.46. The number of nitrogens with two attached hydrogens (primary N) is 4. The summed E-state index contributed by atoms with van der Waals surface area (Å²) < 4.78 is 2.99. The Balaban J connectivity index is 0.000000211. The van der Waals surface area contributed by atoms with E-state index in [1.807, 2.05) is 6.92 Å². The number of nitrogen functional groups attached to an aromatic ring is 4. The van der Waals surface area contributed by atoms with Crippen molar-refractivity contribution in [2.24, 2.45) is 7.05 Å². The zero-order valence-electron chi connectivity index (χ0n) is 12.1. The van der Waals surface area contributed by atoms with Crippen LogP contribution in [0.4, 0.5) is 23.0 Å². The van der Waals surface area contributed by atoms with Gasteiger partial charge < -0.3 is 33.1 Å². The normalized spacial score (nSPS) is 10.3. The number of aliphatic hydroxyl groups is 2. The molecule has 0 radical (unpaired) electrons. The number of rotatable bonds is 3. The van der Waals surface area contributed by atoms with E-state index in [9.17, 15) is 0 Å². The van der Waals surface area contributed by atoms with Crippen molar-refractivity contribution in [1.82, 2.24) is 19.6 Å². The summed E-state index contributed by atoms with van der Waals surface area (Å²) in [6, 6.07) is 0. The summed E-state index contributed by atoms with van der Waals surface area (Å²) in [5.41, 5.74) is 23.6. The van der Waals surface area contributed by atoms with Gasteiger partial charge in [0.1, 0.15) is 34.4 Å². The van der Waals surface area contributed by atoms with Crippen LogP contribution in [0.5, 0.6) is 0 Å². The maximum atomic E-state index is 8.74. The Kier molecular flexibility index (Phi) is 5.38. The molecule has 21 heavy (non-hydrogen) atoms. The number of hydrogen-bond donors (Lipinski definition) is 6. The van der Waals surface area contributed by atoms with E-state index in [0.717, 1.165) is 0 Å². The molecule has 0 saturated carbocycles. The van der Waals surface area contributed by atoms with Crippen LogP contribution in [-0.2, 0) is 26.8 Å². The van der Waals surface area contributed by atoms with Crippen LogP contribution in [0.25, 0.3) is 0 Å². The number of hydrogen-bond acceptors (Lipinski definition) is 8. The minimum absolute atomic E-state index is 0.164. The van der Waals surface area contributed by atoms with Crippen LogP contribution in [0.2, 0.25) is 0 Å². The predicted molar refractivity (Wildman–Crippen MR) is 80.6 cm³/mol. The van der Waals surface area contributed by atoms with Gasteiger partial charge in [-0.1, -0.05) is 0 Å². The van der Waals surface area contributed by atoms with Crippen LogP contribution < -0.4 is 22.9 Å². The Morgan fingerprint density at radius 3 is 1.62 bits per heavy atom. The number of anilines is 4. The molecule has 10 heteroatoms. The highest BCUT2D eigenvalue weighted by molar-refractivity contribution is 5.62. The third kappa shape index (κ3) is 3.35. The second-order valence-electron chi connectivity index (χ2n) is 4.25. The second-order valence-corrected chi connectivity index (χ2v) is 4.25. The average molecular weight is 298 g/mol. The van der Waals surface area contributed by atoms with Crippen molar-refractivity contribution < 1.29 is 10.2 Å². The van der Waals surface area contributed by atoms with E-state index in [1.54, 1.807) is 11.7 Å². The van der Waals surface area contributed by atoms with Crippen molar-refractivity contribution in [3.63, 3.8) is 0 Å². The van der Waals surface area contributed by atoms with Crippen LogP contribution in [0.1, 0.15) is 18.3 Å². The van der Waals surface area contributed by atoms with E-state index in [4.69, 9.17) is 33.1 Å². The highest BCUT2D eigenvalue weighted by atomic mass is 16.3. The third-order valence-electron chi connectivity index (χ3n) is 2.91. The molecule has 0 spiro atoms. The maximum absolute atomic E-state index is 8.74. The average Bonchev–Trinajstić information content (AvgIpc) is 2.91. The summed E-state index contributed by atoms with van der Waals surface area (Å²) >= 11 is 0. The van der Waals surface area contributed by atoms with Crippen LogP contribution in [0.15, 0.2) is 0 Å².